The molecule has 0 unspecified atom stereocenters. The molecule has 0 aliphatic carbocycles. The molecule has 2 aromatic carbocycles. The fourth-order valence-corrected chi connectivity index (χ4v) is 4.22. The summed E-state index contributed by atoms with van der Waals surface area (Å²) >= 11 is 0. The lowest BCUT2D eigenvalue weighted by atomic mass is 10.1. The number of nitrogens with zero attached hydrogens (tertiary/aromatic N) is 2. The molecule has 6 N–H and O–H groups in total. The van der Waals surface area contributed by atoms with Crippen LogP contribution in [0, 0.1) is 16.7 Å². The number of nitrogens with one attached hydrogen (secondary N) is 2. The lowest BCUT2D eigenvalue weighted by Crippen LogP contribution is -2.40. The molecule has 38 heavy (non-hydrogen) atoms. The second kappa shape index (κ2) is 12.3. The van der Waals surface area contributed by atoms with Crippen LogP contribution < -0.4 is 15.4 Å². The number of carboxylic acids is 1. The number of piperidine rings is 1. The zero-order valence-electron chi connectivity index (χ0n) is 21.9. The molecule has 1 aliphatic heterocycles. The third kappa shape index (κ3) is 6.90. The van der Waals surface area contributed by atoms with Gasteiger partial charge >= 0.3 is 5.97 Å². The van der Waals surface area contributed by atoms with Crippen LogP contribution in [0.3, 0.4) is 0 Å². The predicted molar refractivity (Wildman–Crippen MR) is 147 cm³/mol. The topological polar surface area (TPSA) is 164 Å². The highest BCUT2D eigenvalue weighted by molar-refractivity contribution is 5.98. The minimum Gasteiger partial charge on any atom is -0.507 e. The zero-order chi connectivity index (χ0) is 28.0. The standard InChI is InChI=1S/C28H35N5O5/c1-17(2)27(35)33(12-4-5-19-15-20(26(30)31)6-8-24(19)34)21-7-9-25(23(16-21)28(36)37)38-22-10-13-32(14-11-22)18(3)29/h4-9,15-17,22,29,34H,10-14H2,1-3H3,(H3,30,31)(H,36,37). The lowest BCUT2D eigenvalue weighted by Gasteiger charge is -2.33. The van der Waals surface area contributed by atoms with E-state index in [0.717, 1.165) is 0 Å². The van der Waals surface area contributed by atoms with E-state index in [0.29, 0.717) is 48.6 Å². The van der Waals surface area contributed by atoms with Gasteiger partial charge in [0, 0.05) is 55.2 Å². The Kier molecular flexibility index (Phi) is 9.11. The number of aromatic hydroxyl groups is 1. The molecule has 1 aliphatic rings. The van der Waals surface area contributed by atoms with E-state index >= 15 is 0 Å². The van der Waals surface area contributed by atoms with Gasteiger partial charge in [-0.2, -0.15) is 0 Å². The number of benzene rings is 2. The maximum Gasteiger partial charge on any atom is 0.339 e. The van der Waals surface area contributed by atoms with Gasteiger partial charge in [-0.15, -0.1) is 0 Å². The van der Waals surface area contributed by atoms with Crippen molar-refractivity contribution in [2.24, 2.45) is 11.7 Å². The molecule has 0 atom stereocenters. The van der Waals surface area contributed by atoms with Gasteiger partial charge in [0.25, 0.3) is 0 Å². The van der Waals surface area contributed by atoms with Crippen molar-refractivity contribution >= 4 is 35.3 Å². The first-order valence-corrected chi connectivity index (χ1v) is 12.5. The first kappa shape index (κ1) is 28.2. The largest absolute Gasteiger partial charge is 0.507 e. The van der Waals surface area contributed by atoms with Crippen molar-refractivity contribution in [1.82, 2.24) is 4.90 Å². The van der Waals surface area contributed by atoms with E-state index in [2.05, 4.69) is 0 Å². The second-order valence-electron chi connectivity index (χ2n) is 9.57. The van der Waals surface area contributed by atoms with E-state index in [1.165, 1.54) is 17.0 Å². The van der Waals surface area contributed by atoms with Crippen LogP contribution in [0.4, 0.5) is 5.69 Å². The first-order valence-electron chi connectivity index (χ1n) is 12.5. The van der Waals surface area contributed by atoms with Crippen LogP contribution in [0.1, 0.15) is 55.1 Å². The Balaban J connectivity index is 1.84. The van der Waals surface area contributed by atoms with Crippen LogP contribution in [0.2, 0.25) is 0 Å². The number of carbonyl (C=O) groups excluding carboxylic acids is 1. The minimum atomic E-state index is -1.16. The number of phenols is 1. The number of phenolic OH excluding ortho intramolecular Hbond substituents is 1. The van der Waals surface area contributed by atoms with Crippen LogP contribution in [-0.2, 0) is 4.79 Å². The summed E-state index contributed by atoms with van der Waals surface area (Å²) in [6.45, 7) is 6.75. The highest BCUT2D eigenvalue weighted by Crippen LogP contribution is 2.29. The number of rotatable bonds is 9. The van der Waals surface area contributed by atoms with Crippen molar-refractivity contribution < 1.29 is 24.5 Å². The Morgan fingerprint density at radius 1 is 1.18 bits per heavy atom. The van der Waals surface area contributed by atoms with Gasteiger partial charge < -0.3 is 30.5 Å². The fraction of sp³-hybridized carbons (Fsp3) is 0.357. The third-order valence-corrected chi connectivity index (χ3v) is 6.40. The summed E-state index contributed by atoms with van der Waals surface area (Å²) in [5.41, 5.74) is 6.81. The molecule has 0 bridgehead atoms. The molecule has 0 radical (unpaired) electrons. The molecule has 2 aromatic rings. The number of likely N-dealkylation sites (tertiary alicyclic amines) is 1. The maximum absolute atomic E-state index is 13.1. The Morgan fingerprint density at radius 3 is 2.45 bits per heavy atom. The van der Waals surface area contributed by atoms with Crippen molar-refractivity contribution in [2.75, 3.05) is 24.5 Å². The van der Waals surface area contributed by atoms with E-state index in [1.807, 2.05) is 4.90 Å². The lowest BCUT2D eigenvalue weighted by molar-refractivity contribution is -0.121. The molecule has 10 heteroatoms. The number of aromatic carboxylic acids is 1. The summed E-state index contributed by atoms with van der Waals surface area (Å²) in [6.07, 6.45) is 4.50. The molecular formula is C28H35N5O5. The Morgan fingerprint density at radius 2 is 1.87 bits per heavy atom. The number of carboxylic acid groups (broad SMARTS) is 1. The molecule has 1 amide bonds. The van der Waals surface area contributed by atoms with Crippen molar-refractivity contribution in [1.29, 1.82) is 10.8 Å². The van der Waals surface area contributed by atoms with Gasteiger partial charge in [0.1, 0.15) is 29.0 Å². The van der Waals surface area contributed by atoms with Gasteiger partial charge in [-0.05, 0) is 43.3 Å². The molecule has 1 saturated heterocycles. The molecule has 0 spiro atoms. The van der Waals surface area contributed by atoms with Crippen molar-refractivity contribution in [3.05, 3.63) is 59.2 Å². The van der Waals surface area contributed by atoms with Crippen molar-refractivity contribution in [3.63, 3.8) is 0 Å². The quantitative estimate of drug-likeness (QED) is 0.246. The number of anilines is 1. The number of hydrogen-bond acceptors (Lipinski definition) is 6. The number of carbonyl (C=O) groups is 2. The summed E-state index contributed by atoms with van der Waals surface area (Å²) in [6, 6.07) is 9.25. The smallest absolute Gasteiger partial charge is 0.339 e. The number of nitrogens with two attached hydrogens (primary N) is 1. The first-order chi connectivity index (χ1) is 18.0. The van der Waals surface area contributed by atoms with Gasteiger partial charge in [0.15, 0.2) is 0 Å². The highest BCUT2D eigenvalue weighted by Gasteiger charge is 2.25. The minimum absolute atomic E-state index is 0.00395. The number of amidine groups is 2. The van der Waals surface area contributed by atoms with Crippen LogP contribution in [0.25, 0.3) is 6.08 Å². The van der Waals surface area contributed by atoms with E-state index in [4.69, 9.17) is 21.3 Å². The van der Waals surface area contributed by atoms with E-state index in [1.54, 1.807) is 57.2 Å². The molecule has 0 saturated carbocycles. The summed E-state index contributed by atoms with van der Waals surface area (Å²) in [5, 5.41) is 35.4. The van der Waals surface area contributed by atoms with Gasteiger partial charge in [0.2, 0.25) is 5.91 Å². The average Bonchev–Trinajstić information content (AvgIpc) is 2.87. The van der Waals surface area contributed by atoms with Gasteiger partial charge in [0.05, 0.1) is 5.84 Å². The average molecular weight is 522 g/mol. The summed E-state index contributed by atoms with van der Waals surface area (Å²) in [7, 11) is 0. The summed E-state index contributed by atoms with van der Waals surface area (Å²) in [5.74, 6) is -1.08. The molecule has 1 fully saturated rings. The Hall–Kier alpha value is -4.34. The Bertz CT molecular complexity index is 1250. The monoisotopic (exact) mass is 521 g/mol. The number of amides is 1. The zero-order valence-corrected chi connectivity index (χ0v) is 21.9. The molecule has 10 nitrogen and oxygen atoms in total. The van der Waals surface area contributed by atoms with Crippen LogP contribution >= 0.6 is 0 Å². The van der Waals surface area contributed by atoms with E-state index in [9.17, 15) is 19.8 Å². The van der Waals surface area contributed by atoms with Gasteiger partial charge in [-0.3, -0.25) is 15.6 Å². The summed E-state index contributed by atoms with van der Waals surface area (Å²) < 4.78 is 6.05. The van der Waals surface area contributed by atoms with Gasteiger partial charge in [-0.25, -0.2) is 4.79 Å². The summed E-state index contributed by atoms with van der Waals surface area (Å²) in [4.78, 5) is 28.6. The normalized spacial score (nSPS) is 14.1. The predicted octanol–water partition coefficient (Wildman–Crippen LogP) is 3.92. The number of hydrogen-bond donors (Lipinski definition) is 5. The fourth-order valence-electron chi connectivity index (χ4n) is 4.22. The number of nitrogen functional groups attached to an aromatic ring is 1. The van der Waals surface area contributed by atoms with Crippen LogP contribution in [0.15, 0.2) is 42.5 Å². The maximum atomic E-state index is 13.1. The van der Waals surface area contributed by atoms with Gasteiger partial charge in [-0.1, -0.05) is 26.0 Å². The molecule has 1 heterocycles. The number of ether oxygens (including phenoxy) is 1. The molecular weight excluding hydrogens is 486 g/mol. The second-order valence-corrected chi connectivity index (χ2v) is 9.57. The van der Waals surface area contributed by atoms with E-state index in [-0.39, 0.29) is 47.4 Å². The van der Waals surface area contributed by atoms with Crippen LogP contribution in [-0.4, -0.2) is 64.4 Å². The molecule has 3 rings (SSSR count). The molecule has 202 valence electrons. The van der Waals surface area contributed by atoms with Crippen molar-refractivity contribution in [3.8, 4) is 11.5 Å². The van der Waals surface area contributed by atoms with E-state index < -0.39 is 5.97 Å². The van der Waals surface area contributed by atoms with Crippen LogP contribution in [0.5, 0.6) is 11.5 Å². The van der Waals surface area contributed by atoms with Crippen molar-refractivity contribution in [2.45, 2.75) is 39.7 Å². The highest BCUT2D eigenvalue weighted by atomic mass is 16.5. The SMILES string of the molecule is CC(=N)N1CCC(Oc2ccc(N(CC=Cc3cc(C(=N)N)ccc3O)C(=O)C(C)C)cc2C(=O)O)CC1. The Labute approximate surface area is 222 Å². The molecule has 0 aromatic heterocycles. The third-order valence-electron chi connectivity index (χ3n) is 6.40.